The molecule has 2 rings (SSSR count). The second kappa shape index (κ2) is 10.5. The van der Waals surface area contributed by atoms with Crippen LogP contribution in [0.25, 0.3) is 10.4 Å². The predicted octanol–water partition coefficient (Wildman–Crippen LogP) is 2.50. The Balaban J connectivity index is 2.03. The molecule has 0 fully saturated rings. The number of azide groups is 1. The average Bonchev–Trinajstić information content (AvgIpc) is 2.70. The number of rotatable bonds is 10. The third-order valence-electron chi connectivity index (χ3n) is 4.23. The maximum Gasteiger partial charge on any atom is 0.305 e. The molecule has 0 aromatic heterocycles. The van der Waals surface area contributed by atoms with Gasteiger partial charge in [0.05, 0.1) is 11.3 Å². The lowest BCUT2D eigenvalue weighted by Crippen LogP contribution is -2.38. The van der Waals surface area contributed by atoms with Crippen LogP contribution in [0.4, 0.5) is 4.39 Å². The van der Waals surface area contributed by atoms with Crippen molar-refractivity contribution in [3.8, 4) is 0 Å². The molecule has 0 saturated carbocycles. The average molecular weight is 449 g/mol. The number of hydrogen-bond donors (Lipinski definition) is 3. The first-order chi connectivity index (χ1) is 14.6. The fraction of sp³-hybridized carbons (Fsp3) is 0.263. The van der Waals surface area contributed by atoms with Gasteiger partial charge in [-0.2, -0.15) is 0 Å². The normalized spacial score (nSPS) is 11.9. The molecule has 0 heterocycles. The number of carboxylic acids is 1. The van der Waals surface area contributed by atoms with Crippen LogP contribution in [0.3, 0.4) is 0 Å². The van der Waals surface area contributed by atoms with Crippen molar-refractivity contribution in [2.75, 3.05) is 6.54 Å². The van der Waals surface area contributed by atoms with Gasteiger partial charge in [-0.15, -0.1) is 0 Å². The molecular formula is C19H20FN5O5S. The van der Waals surface area contributed by atoms with Gasteiger partial charge in [-0.25, -0.2) is 17.5 Å². The fourth-order valence-corrected chi connectivity index (χ4v) is 3.96. The number of sulfonamides is 1. The van der Waals surface area contributed by atoms with E-state index in [9.17, 15) is 22.4 Å². The molecule has 164 valence electrons. The molecule has 3 N–H and O–H groups in total. The first-order valence-corrected chi connectivity index (χ1v) is 10.5. The Bertz CT molecular complexity index is 1110. The summed E-state index contributed by atoms with van der Waals surface area (Å²) in [4.78, 5) is 25.7. The predicted molar refractivity (Wildman–Crippen MR) is 109 cm³/mol. The van der Waals surface area contributed by atoms with Crippen molar-refractivity contribution < 1.29 is 27.5 Å². The Morgan fingerprint density at radius 1 is 1.23 bits per heavy atom. The van der Waals surface area contributed by atoms with E-state index in [4.69, 9.17) is 10.6 Å². The maximum atomic E-state index is 13.2. The van der Waals surface area contributed by atoms with Gasteiger partial charge in [0, 0.05) is 29.6 Å². The van der Waals surface area contributed by atoms with E-state index in [0.29, 0.717) is 5.56 Å². The van der Waals surface area contributed by atoms with E-state index in [1.807, 2.05) is 0 Å². The van der Waals surface area contributed by atoms with Crippen molar-refractivity contribution in [3.63, 3.8) is 0 Å². The maximum absolute atomic E-state index is 13.2. The first kappa shape index (κ1) is 23.8. The first-order valence-electron chi connectivity index (χ1n) is 9.00. The SMILES string of the molecule is Cc1cc(F)ccc1S(=O)(=O)NCc1ccc(C(=O)N[C@H](CN=[N+]=[N-])CC(=O)O)cc1. The molecule has 10 nitrogen and oxygen atoms in total. The molecule has 2 aromatic rings. The fourth-order valence-electron chi connectivity index (χ4n) is 2.72. The van der Waals surface area contributed by atoms with E-state index < -0.39 is 40.2 Å². The summed E-state index contributed by atoms with van der Waals surface area (Å²) >= 11 is 0. The molecule has 1 amide bonds. The van der Waals surface area contributed by atoms with E-state index in [-0.39, 0.29) is 29.1 Å². The highest BCUT2D eigenvalue weighted by Crippen LogP contribution is 2.16. The zero-order valence-electron chi connectivity index (χ0n) is 16.4. The minimum Gasteiger partial charge on any atom is -0.481 e. The molecule has 12 heteroatoms. The van der Waals surface area contributed by atoms with Gasteiger partial charge < -0.3 is 10.4 Å². The van der Waals surface area contributed by atoms with Gasteiger partial charge in [0.25, 0.3) is 5.91 Å². The lowest BCUT2D eigenvalue weighted by molar-refractivity contribution is -0.137. The Morgan fingerprint density at radius 3 is 2.48 bits per heavy atom. The summed E-state index contributed by atoms with van der Waals surface area (Å²) in [5, 5.41) is 14.6. The second-order valence-corrected chi connectivity index (χ2v) is 8.35. The molecule has 0 aliphatic rings. The number of carbonyl (C=O) groups is 2. The molecular weight excluding hydrogens is 429 g/mol. The topological polar surface area (TPSA) is 161 Å². The van der Waals surface area contributed by atoms with Crippen molar-refractivity contribution >= 4 is 21.9 Å². The number of amides is 1. The largest absolute Gasteiger partial charge is 0.481 e. The lowest BCUT2D eigenvalue weighted by Gasteiger charge is -2.15. The van der Waals surface area contributed by atoms with Gasteiger partial charge >= 0.3 is 5.97 Å². The number of nitrogens with one attached hydrogen (secondary N) is 2. The monoisotopic (exact) mass is 449 g/mol. The number of hydrogen-bond acceptors (Lipinski definition) is 5. The van der Waals surface area contributed by atoms with Crippen molar-refractivity contribution in [3.05, 3.63) is 75.4 Å². The van der Waals surface area contributed by atoms with E-state index in [2.05, 4.69) is 20.1 Å². The summed E-state index contributed by atoms with van der Waals surface area (Å²) in [6, 6.07) is 8.48. The summed E-state index contributed by atoms with van der Waals surface area (Å²) in [6.45, 7) is 1.22. The van der Waals surface area contributed by atoms with Crippen molar-refractivity contribution in [2.45, 2.75) is 30.8 Å². The number of aryl methyl sites for hydroxylation is 1. The molecule has 31 heavy (non-hydrogen) atoms. The van der Waals surface area contributed by atoms with Crippen molar-refractivity contribution in [1.29, 1.82) is 0 Å². The van der Waals surface area contributed by atoms with E-state index in [0.717, 1.165) is 12.1 Å². The van der Waals surface area contributed by atoms with Gasteiger partial charge in [-0.1, -0.05) is 17.2 Å². The van der Waals surface area contributed by atoms with Crippen LogP contribution in [0.1, 0.15) is 27.9 Å². The number of benzene rings is 2. The minimum atomic E-state index is -3.86. The van der Waals surface area contributed by atoms with Gasteiger partial charge in [0.1, 0.15) is 5.82 Å². The van der Waals surface area contributed by atoms with Crippen LogP contribution in [0, 0.1) is 12.7 Å². The Morgan fingerprint density at radius 2 is 1.90 bits per heavy atom. The molecule has 2 aromatic carbocycles. The van der Waals surface area contributed by atoms with Gasteiger partial charge in [-0.3, -0.25) is 9.59 Å². The quantitative estimate of drug-likeness (QED) is 0.288. The Hall–Kier alpha value is -3.47. The number of carboxylic acid groups (broad SMARTS) is 1. The van der Waals surface area contributed by atoms with Crippen LogP contribution in [0.2, 0.25) is 0 Å². The molecule has 0 bridgehead atoms. The molecule has 1 atom stereocenters. The van der Waals surface area contributed by atoms with Crippen LogP contribution < -0.4 is 10.0 Å². The molecule has 0 unspecified atom stereocenters. The van der Waals surface area contributed by atoms with Gasteiger partial charge in [0.15, 0.2) is 0 Å². The Kier molecular flexibility index (Phi) is 8.08. The van der Waals surface area contributed by atoms with Crippen LogP contribution in [0.15, 0.2) is 52.5 Å². The lowest BCUT2D eigenvalue weighted by atomic mass is 10.1. The van der Waals surface area contributed by atoms with Crippen LogP contribution in [0.5, 0.6) is 0 Å². The zero-order valence-corrected chi connectivity index (χ0v) is 17.3. The third-order valence-corrected chi connectivity index (χ3v) is 5.79. The minimum absolute atomic E-state index is 0.0330. The van der Waals surface area contributed by atoms with E-state index in [1.54, 1.807) is 0 Å². The number of nitrogens with zero attached hydrogens (tertiary/aromatic N) is 3. The highest BCUT2D eigenvalue weighted by atomic mass is 32.2. The van der Waals surface area contributed by atoms with Crippen molar-refractivity contribution in [1.82, 2.24) is 10.0 Å². The van der Waals surface area contributed by atoms with Gasteiger partial charge in [-0.05, 0) is 53.9 Å². The van der Waals surface area contributed by atoms with Gasteiger partial charge in [0.2, 0.25) is 10.0 Å². The summed E-state index contributed by atoms with van der Waals surface area (Å²) in [5.74, 6) is -2.25. The highest BCUT2D eigenvalue weighted by Gasteiger charge is 2.18. The molecule has 0 aliphatic carbocycles. The zero-order chi connectivity index (χ0) is 23.0. The standard InChI is InChI=1S/C19H20FN5O5S/c1-12-8-15(20)6-7-17(12)31(29,30)23-10-13-2-4-14(5-3-13)19(28)24-16(9-18(26)27)11-22-25-21/h2-8,16,23H,9-11H2,1H3,(H,24,28)(H,26,27)/t16-/m0/s1. The smallest absolute Gasteiger partial charge is 0.305 e. The number of aliphatic carboxylic acids is 1. The molecule has 0 saturated heterocycles. The van der Waals surface area contributed by atoms with Crippen LogP contribution >= 0.6 is 0 Å². The summed E-state index contributed by atoms with van der Waals surface area (Å²) in [5.41, 5.74) is 9.43. The van der Waals surface area contributed by atoms with Crippen molar-refractivity contribution in [2.24, 2.45) is 5.11 Å². The van der Waals surface area contributed by atoms with E-state index in [1.165, 1.54) is 37.3 Å². The molecule has 0 aliphatic heterocycles. The number of halogens is 1. The number of carbonyl (C=O) groups excluding carboxylic acids is 1. The highest BCUT2D eigenvalue weighted by molar-refractivity contribution is 7.89. The summed E-state index contributed by atoms with van der Waals surface area (Å²) in [7, 11) is -3.86. The summed E-state index contributed by atoms with van der Waals surface area (Å²) < 4.78 is 40.5. The second-order valence-electron chi connectivity index (χ2n) is 6.61. The Labute approximate surface area is 177 Å². The third kappa shape index (κ3) is 7.07. The van der Waals surface area contributed by atoms with Crippen LogP contribution in [-0.4, -0.2) is 38.0 Å². The van der Waals surface area contributed by atoms with Crippen LogP contribution in [-0.2, 0) is 21.4 Å². The summed E-state index contributed by atoms with van der Waals surface area (Å²) in [6.07, 6.45) is -0.409. The molecule has 0 spiro atoms. The molecule has 0 radical (unpaired) electrons. The van der Waals surface area contributed by atoms with E-state index >= 15 is 0 Å².